The Balaban J connectivity index is 0.000000142. The van der Waals surface area contributed by atoms with Crippen LogP contribution in [0.2, 0.25) is 0 Å². The van der Waals surface area contributed by atoms with Gasteiger partial charge in [0.15, 0.2) is 0 Å². The molecule has 0 atom stereocenters. The molecule has 0 bridgehead atoms. The monoisotopic (exact) mass is 393 g/mol. The van der Waals surface area contributed by atoms with Crippen LogP contribution in [0.25, 0.3) is 22.1 Å². The highest BCUT2D eigenvalue weighted by Gasteiger charge is 2.16. The Morgan fingerprint density at radius 3 is 2.68 bits per heavy atom. The van der Waals surface area contributed by atoms with Crippen LogP contribution in [0.1, 0.15) is 19.3 Å². The highest BCUT2D eigenvalue weighted by atomic mass is 32.2. The molecule has 2 N–H and O–H groups in total. The molecule has 3 aromatic heterocycles. The van der Waals surface area contributed by atoms with E-state index in [9.17, 15) is 4.79 Å². The van der Waals surface area contributed by atoms with Gasteiger partial charge in [-0.1, -0.05) is 18.2 Å². The van der Waals surface area contributed by atoms with E-state index >= 15 is 0 Å². The minimum Gasteiger partial charge on any atom is -0.346 e. The van der Waals surface area contributed by atoms with Crippen LogP contribution in [0, 0.1) is 0 Å². The van der Waals surface area contributed by atoms with E-state index in [0.717, 1.165) is 35.2 Å². The molecule has 5 rings (SSSR count). The van der Waals surface area contributed by atoms with Crippen LogP contribution in [0.4, 0.5) is 0 Å². The summed E-state index contributed by atoms with van der Waals surface area (Å²) in [7, 11) is 0. The fourth-order valence-electron chi connectivity index (χ4n) is 3.30. The molecule has 1 aliphatic rings. The van der Waals surface area contributed by atoms with Crippen LogP contribution in [-0.2, 0) is 4.79 Å². The number of fused-ring (bicyclic) bond motifs is 3. The predicted octanol–water partition coefficient (Wildman–Crippen LogP) is 4.23. The van der Waals surface area contributed by atoms with Crippen molar-refractivity contribution in [2.24, 2.45) is 0 Å². The topological polar surface area (TPSA) is 77.7 Å². The van der Waals surface area contributed by atoms with Gasteiger partial charge in [-0.15, -0.1) is 11.8 Å². The number of carbonyl (C=O) groups excluding carboxylic acids is 1. The minimum atomic E-state index is 0.286. The maximum Gasteiger partial charge on any atom is 0.232 e. The van der Waals surface area contributed by atoms with Crippen LogP contribution in [0.3, 0.4) is 0 Å². The van der Waals surface area contributed by atoms with E-state index in [0.29, 0.717) is 5.75 Å². The molecule has 1 fully saturated rings. The Morgan fingerprint density at radius 1 is 1.04 bits per heavy atom. The average molecular weight is 394 g/mol. The van der Waals surface area contributed by atoms with Crippen molar-refractivity contribution >= 4 is 39.7 Å². The number of carbonyl (C=O) groups is 1. The summed E-state index contributed by atoms with van der Waals surface area (Å²) < 4.78 is 0. The number of imidazole rings is 1. The van der Waals surface area contributed by atoms with Crippen molar-refractivity contribution in [3.05, 3.63) is 55.1 Å². The largest absolute Gasteiger partial charge is 0.346 e. The molecule has 1 aromatic carbocycles. The first-order valence-corrected chi connectivity index (χ1v) is 10.5. The fourth-order valence-corrected chi connectivity index (χ4v) is 4.12. The maximum absolute atomic E-state index is 11.9. The predicted molar refractivity (Wildman–Crippen MR) is 113 cm³/mol. The first-order chi connectivity index (χ1) is 13.8. The Bertz CT molecular complexity index is 987. The number of H-pyrrole nitrogens is 2. The summed E-state index contributed by atoms with van der Waals surface area (Å²) in [6, 6.07) is 12.1. The summed E-state index contributed by atoms with van der Waals surface area (Å²) in [5, 5.41) is 1.06. The molecule has 144 valence electrons. The summed E-state index contributed by atoms with van der Waals surface area (Å²) in [6.45, 7) is 1.91. The van der Waals surface area contributed by atoms with Gasteiger partial charge in [-0.25, -0.2) is 9.97 Å². The molecular formula is C21H23N5OS. The number of hydrogen-bond acceptors (Lipinski definition) is 4. The molecule has 0 radical (unpaired) electrons. The van der Waals surface area contributed by atoms with Crippen molar-refractivity contribution in [2.45, 2.75) is 24.2 Å². The normalized spacial score (nSPS) is 14.1. The molecule has 0 aliphatic carbocycles. The van der Waals surface area contributed by atoms with Crippen LogP contribution in [-0.4, -0.2) is 49.6 Å². The number of rotatable bonds is 3. The van der Waals surface area contributed by atoms with Crippen molar-refractivity contribution in [3.8, 4) is 0 Å². The smallest absolute Gasteiger partial charge is 0.232 e. The van der Waals surface area contributed by atoms with Gasteiger partial charge in [-0.2, -0.15) is 0 Å². The second-order valence-corrected chi connectivity index (χ2v) is 7.75. The molecule has 0 spiro atoms. The number of amides is 1. The van der Waals surface area contributed by atoms with E-state index in [1.807, 2.05) is 47.5 Å². The molecular weight excluding hydrogens is 370 g/mol. The third-order valence-electron chi connectivity index (χ3n) is 4.79. The highest BCUT2D eigenvalue weighted by Crippen LogP contribution is 2.19. The lowest BCUT2D eigenvalue weighted by atomic mass is 10.1. The number of aromatic amines is 2. The number of hydrogen-bond donors (Lipinski definition) is 2. The second-order valence-electron chi connectivity index (χ2n) is 6.71. The molecule has 4 aromatic rings. The molecule has 0 unspecified atom stereocenters. The summed E-state index contributed by atoms with van der Waals surface area (Å²) in [5.74, 6) is 0.859. The average Bonchev–Trinajstić information content (AvgIpc) is 3.42. The third kappa shape index (κ3) is 4.36. The summed E-state index contributed by atoms with van der Waals surface area (Å²) in [4.78, 5) is 29.5. The van der Waals surface area contributed by atoms with E-state index in [-0.39, 0.29) is 5.91 Å². The van der Waals surface area contributed by atoms with Crippen LogP contribution >= 0.6 is 11.8 Å². The molecule has 0 saturated carbocycles. The van der Waals surface area contributed by atoms with E-state index in [1.54, 1.807) is 24.3 Å². The summed E-state index contributed by atoms with van der Waals surface area (Å²) in [6.07, 6.45) is 8.94. The van der Waals surface area contributed by atoms with Crippen molar-refractivity contribution < 1.29 is 4.79 Å². The molecule has 1 saturated heterocycles. The number of pyridine rings is 1. The first-order valence-electron chi connectivity index (χ1n) is 9.52. The number of likely N-dealkylation sites (tertiary alicyclic amines) is 1. The van der Waals surface area contributed by atoms with Crippen LogP contribution in [0.5, 0.6) is 0 Å². The van der Waals surface area contributed by atoms with Crippen molar-refractivity contribution in [1.29, 1.82) is 0 Å². The number of nitrogens with zero attached hydrogens (tertiary/aromatic N) is 3. The van der Waals surface area contributed by atoms with Crippen molar-refractivity contribution in [3.63, 3.8) is 0 Å². The standard InChI is InChI=1S/C13H17NOS.C8H6N4/c15-13(14-9-5-2-6-10-14)11-16-12-7-3-1-4-8-12;1-2-9-8-5(1)7-6(3-10-8)11-4-12-7/h1,3-4,7-8H,2,5-6,9-11H2;1-4H,(H,9,10)(H,11,12). The highest BCUT2D eigenvalue weighted by molar-refractivity contribution is 8.00. The summed E-state index contributed by atoms with van der Waals surface area (Å²) in [5.41, 5.74) is 2.83. The fraction of sp³-hybridized carbons (Fsp3) is 0.286. The van der Waals surface area contributed by atoms with E-state index in [1.165, 1.54) is 24.2 Å². The number of piperidine rings is 1. The van der Waals surface area contributed by atoms with E-state index in [4.69, 9.17) is 0 Å². The Kier molecular flexibility index (Phi) is 5.92. The minimum absolute atomic E-state index is 0.286. The van der Waals surface area contributed by atoms with Gasteiger partial charge in [0.25, 0.3) is 0 Å². The third-order valence-corrected chi connectivity index (χ3v) is 5.78. The molecule has 1 aliphatic heterocycles. The Hall–Kier alpha value is -2.80. The lowest BCUT2D eigenvalue weighted by molar-refractivity contribution is -0.129. The molecule has 7 heteroatoms. The SMILES string of the molecule is O=C(CSc1ccccc1)N1CCCCC1.c1nc2c(cnc3[nH]ccc32)[nH]1. The van der Waals surface area contributed by atoms with Gasteiger partial charge in [0, 0.05) is 29.6 Å². The first kappa shape index (κ1) is 18.6. The van der Waals surface area contributed by atoms with Gasteiger partial charge < -0.3 is 14.9 Å². The second kappa shape index (κ2) is 8.93. The number of aromatic nitrogens is 4. The zero-order valence-electron chi connectivity index (χ0n) is 15.6. The molecule has 28 heavy (non-hydrogen) atoms. The number of benzene rings is 1. The zero-order valence-corrected chi connectivity index (χ0v) is 16.4. The number of nitrogens with one attached hydrogen (secondary N) is 2. The van der Waals surface area contributed by atoms with Crippen molar-refractivity contribution in [2.75, 3.05) is 18.8 Å². The Morgan fingerprint density at radius 2 is 1.86 bits per heavy atom. The summed E-state index contributed by atoms with van der Waals surface area (Å²) >= 11 is 1.63. The van der Waals surface area contributed by atoms with Gasteiger partial charge in [0.1, 0.15) is 11.2 Å². The molecule has 6 nitrogen and oxygen atoms in total. The zero-order chi connectivity index (χ0) is 19.2. The van der Waals surface area contributed by atoms with Gasteiger partial charge in [0.2, 0.25) is 5.91 Å². The lowest BCUT2D eigenvalue weighted by Gasteiger charge is -2.26. The molecule has 4 heterocycles. The van der Waals surface area contributed by atoms with E-state index < -0.39 is 0 Å². The van der Waals surface area contributed by atoms with Gasteiger partial charge in [-0.3, -0.25) is 4.79 Å². The van der Waals surface area contributed by atoms with Gasteiger partial charge in [-0.05, 0) is 37.5 Å². The molecule has 1 amide bonds. The van der Waals surface area contributed by atoms with Gasteiger partial charge >= 0.3 is 0 Å². The maximum atomic E-state index is 11.9. The lowest BCUT2D eigenvalue weighted by Crippen LogP contribution is -2.36. The Labute approximate surface area is 167 Å². The quantitative estimate of drug-likeness (QED) is 0.511. The van der Waals surface area contributed by atoms with Crippen LogP contribution in [0.15, 0.2) is 60.0 Å². The van der Waals surface area contributed by atoms with E-state index in [2.05, 4.69) is 19.9 Å². The number of thioether (sulfide) groups is 1. The van der Waals surface area contributed by atoms with Crippen molar-refractivity contribution in [1.82, 2.24) is 24.8 Å². The van der Waals surface area contributed by atoms with Gasteiger partial charge in [0.05, 0.1) is 23.8 Å². The van der Waals surface area contributed by atoms with Crippen LogP contribution < -0.4 is 0 Å².